The zero-order valence-electron chi connectivity index (χ0n) is 18.3. The van der Waals surface area contributed by atoms with Crippen molar-refractivity contribution in [1.29, 1.82) is 0 Å². The molecule has 2 fully saturated rings. The molecule has 0 bridgehead atoms. The van der Waals surface area contributed by atoms with E-state index in [1.807, 2.05) is 46.2 Å². The van der Waals surface area contributed by atoms with Crippen molar-refractivity contribution in [3.63, 3.8) is 0 Å². The van der Waals surface area contributed by atoms with E-state index >= 15 is 0 Å². The molecule has 2 aliphatic rings. The van der Waals surface area contributed by atoms with Crippen molar-refractivity contribution in [2.45, 2.75) is 44.6 Å². The highest BCUT2D eigenvalue weighted by Crippen LogP contribution is 2.45. The monoisotopic (exact) mass is 420 g/mol. The number of hydrogen-bond acceptors (Lipinski definition) is 3. The molecular weight excluding hydrogens is 388 g/mol. The van der Waals surface area contributed by atoms with Crippen LogP contribution < -0.4 is 0 Å². The van der Waals surface area contributed by atoms with Crippen LogP contribution in [0.4, 0.5) is 4.79 Å². The van der Waals surface area contributed by atoms with Crippen LogP contribution in [0.25, 0.3) is 0 Å². The molecule has 164 valence electrons. The number of carbonyl (C=O) groups excluding carboxylic acids is 2. The van der Waals surface area contributed by atoms with E-state index in [4.69, 9.17) is 4.74 Å². The summed E-state index contributed by atoms with van der Waals surface area (Å²) in [5.74, 6) is 0.595. The van der Waals surface area contributed by atoms with Crippen LogP contribution in [0.3, 0.4) is 0 Å². The number of hydrogen-bond donors (Lipinski definition) is 0. The molecule has 0 N–H and O–H groups in total. The molecule has 5 heteroatoms. The Balaban J connectivity index is 1.43. The first-order valence-electron chi connectivity index (χ1n) is 11.4. The summed E-state index contributed by atoms with van der Waals surface area (Å²) in [4.78, 5) is 28.6. The van der Waals surface area contributed by atoms with Crippen LogP contribution in [0, 0.1) is 5.92 Å². The van der Waals surface area contributed by atoms with Gasteiger partial charge in [0.25, 0.3) is 0 Å². The lowest BCUT2D eigenvalue weighted by Gasteiger charge is -2.50. The zero-order chi connectivity index (χ0) is 21.7. The van der Waals surface area contributed by atoms with Crippen LogP contribution in [0.5, 0.6) is 0 Å². The lowest BCUT2D eigenvalue weighted by atomic mass is 9.62. The van der Waals surface area contributed by atoms with Gasteiger partial charge in [0.2, 0.25) is 5.91 Å². The fourth-order valence-electron chi connectivity index (χ4n) is 5.35. The van der Waals surface area contributed by atoms with Crippen molar-refractivity contribution in [3.05, 3.63) is 71.8 Å². The van der Waals surface area contributed by atoms with E-state index in [1.54, 1.807) is 6.92 Å². The molecule has 2 amide bonds. The quantitative estimate of drug-likeness (QED) is 0.725. The Morgan fingerprint density at radius 1 is 0.935 bits per heavy atom. The predicted octanol–water partition coefficient (Wildman–Crippen LogP) is 4.62. The van der Waals surface area contributed by atoms with E-state index in [2.05, 4.69) is 24.3 Å². The average molecular weight is 421 g/mol. The van der Waals surface area contributed by atoms with Gasteiger partial charge >= 0.3 is 6.09 Å². The molecule has 0 radical (unpaired) electrons. The zero-order valence-corrected chi connectivity index (χ0v) is 18.3. The first-order chi connectivity index (χ1) is 15.1. The lowest BCUT2D eigenvalue weighted by molar-refractivity contribution is -0.131. The van der Waals surface area contributed by atoms with Crippen molar-refractivity contribution in [3.8, 4) is 0 Å². The molecule has 5 nitrogen and oxygen atoms in total. The van der Waals surface area contributed by atoms with E-state index in [-0.39, 0.29) is 17.4 Å². The van der Waals surface area contributed by atoms with Gasteiger partial charge in [0.1, 0.15) is 6.61 Å². The lowest BCUT2D eigenvalue weighted by Crippen LogP contribution is -2.54. The van der Waals surface area contributed by atoms with E-state index in [9.17, 15) is 9.59 Å². The number of amides is 2. The van der Waals surface area contributed by atoms with Gasteiger partial charge in [-0.1, -0.05) is 60.7 Å². The number of benzene rings is 2. The molecule has 2 aromatic rings. The van der Waals surface area contributed by atoms with Gasteiger partial charge in [-0.05, 0) is 42.7 Å². The number of likely N-dealkylation sites (tertiary alicyclic amines) is 2. The van der Waals surface area contributed by atoms with Crippen LogP contribution >= 0.6 is 0 Å². The Morgan fingerprint density at radius 3 is 2.23 bits per heavy atom. The molecular formula is C26H32N2O3. The highest BCUT2D eigenvalue weighted by atomic mass is 16.6. The molecule has 0 spiro atoms. The third-order valence-corrected chi connectivity index (χ3v) is 7.06. The third kappa shape index (κ3) is 4.76. The Kier molecular flexibility index (Phi) is 6.59. The normalized spacial score (nSPS) is 22.2. The van der Waals surface area contributed by atoms with Crippen LogP contribution in [0.15, 0.2) is 60.7 Å². The maximum atomic E-state index is 12.6. The van der Waals surface area contributed by atoms with E-state index in [1.165, 1.54) is 5.56 Å². The summed E-state index contributed by atoms with van der Waals surface area (Å²) in [6, 6.07) is 20.5. The standard InChI is InChI=1S/C26H32N2O3/c1-21(29)28-16-8-15-26(20-28,23-11-6-3-7-12-23)24-13-17-27(18-14-24)25(30)31-19-22-9-4-2-5-10-22/h2-7,9-12,24H,8,13-20H2,1H3. The maximum Gasteiger partial charge on any atom is 0.410 e. The summed E-state index contributed by atoms with van der Waals surface area (Å²) < 4.78 is 5.54. The topological polar surface area (TPSA) is 49.9 Å². The average Bonchev–Trinajstić information content (AvgIpc) is 2.84. The number of ether oxygens (including phenoxy) is 1. The van der Waals surface area contributed by atoms with Crippen LogP contribution in [-0.2, 0) is 21.6 Å². The molecule has 2 aromatic carbocycles. The maximum absolute atomic E-state index is 12.6. The van der Waals surface area contributed by atoms with E-state index in [0.717, 1.165) is 44.3 Å². The largest absolute Gasteiger partial charge is 0.445 e. The van der Waals surface area contributed by atoms with Gasteiger partial charge in [-0.3, -0.25) is 4.79 Å². The molecule has 1 atom stereocenters. The summed E-state index contributed by atoms with van der Waals surface area (Å²) >= 11 is 0. The minimum atomic E-state index is -0.231. The second kappa shape index (κ2) is 9.54. The van der Waals surface area contributed by atoms with Crippen LogP contribution in [-0.4, -0.2) is 48.0 Å². The van der Waals surface area contributed by atoms with Gasteiger partial charge in [-0.2, -0.15) is 0 Å². The van der Waals surface area contributed by atoms with Crippen molar-refractivity contribution >= 4 is 12.0 Å². The highest BCUT2D eigenvalue weighted by Gasteiger charge is 2.45. The smallest absolute Gasteiger partial charge is 0.410 e. The fourth-order valence-corrected chi connectivity index (χ4v) is 5.35. The molecule has 0 saturated carbocycles. The van der Waals surface area contributed by atoms with Crippen molar-refractivity contribution in [2.24, 2.45) is 5.92 Å². The summed E-state index contributed by atoms with van der Waals surface area (Å²) in [5, 5.41) is 0. The van der Waals surface area contributed by atoms with Gasteiger partial charge in [-0.25, -0.2) is 4.79 Å². The van der Waals surface area contributed by atoms with Gasteiger partial charge in [-0.15, -0.1) is 0 Å². The fraction of sp³-hybridized carbons (Fsp3) is 0.462. The summed E-state index contributed by atoms with van der Waals surface area (Å²) in [6.45, 7) is 5.00. The first kappa shape index (κ1) is 21.4. The molecule has 2 aliphatic heterocycles. The number of carbonyl (C=O) groups is 2. The Hall–Kier alpha value is -2.82. The van der Waals surface area contributed by atoms with E-state index in [0.29, 0.717) is 25.6 Å². The summed E-state index contributed by atoms with van der Waals surface area (Å²) in [7, 11) is 0. The molecule has 0 aromatic heterocycles. The molecule has 1 unspecified atom stereocenters. The van der Waals surface area contributed by atoms with Crippen LogP contribution in [0.1, 0.15) is 43.7 Å². The SMILES string of the molecule is CC(=O)N1CCCC(c2ccccc2)(C2CCN(C(=O)OCc3ccccc3)CC2)C1. The first-order valence-corrected chi connectivity index (χ1v) is 11.4. The predicted molar refractivity (Wildman–Crippen MR) is 121 cm³/mol. The molecule has 0 aliphatic carbocycles. The minimum Gasteiger partial charge on any atom is -0.445 e. The number of rotatable bonds is 4. The second-order valence-corrected chi connectivity index (χ2v) is 8.87. The van der Waals surface area contributed by atoms with Gasteiger partial charge in [0.15, 0.2) is 0 Å². The van der Waals surface area contributed by atoms with Crippen molar-refractivity contribution < 1.29 is 14.3 Å². The Bertz CT molecular complexity index is 878. The highest BCUT2D eigenvalue weighted by molar-refractivity contribution is 5.73. The number of nitrogens with zero attached hydrogens (tertiary/aromatic N) is 2. The number of piperidine rings is 2. The van der Waals surface area contributed by atoms with Crippen LogP contribution in [0.2, 0.25) is 0 Å². The third-order valence-electron chi connectivity index (χ3n) is 7.06. The Morgan fingerprint density at radius 2 is 1.58 bits per heavy atom. The van der Waals surface area contributed by atoms with E-state index < -0.39 is 0 Å². The molecule has 31 heavy (non-hydrogen) atoms. The molecule has 2 saturated heterocycles. The minimum absolute atomic E-state index is 0.0365. The van der Waals surface area contributed by atoms with Gasteiger partial charge in [0, 0.05) is 38.5 Å². The summed E-state index contributed by atoms with van der Waals surface area (Å²) in [6.07, 6.45) is 3.74. The van der Waals surface area contributed by atoms with Crippen molar-refractivity contribution in [1.82, 2.24) is 9.80 Å². The van der Waals surface area contributed by atoms with Crippen molar-refractivity contribution in [2.75, 3.05) is 26.2 Å². The molecule has 4 rings (SSSR count). The Labute approximate surface area is 185 Å². The van der Waals surface area contributed by atoms with Gasteiger partial charge in [0.05, 0.1) is 0 Å². The van der Waals surface area contributed by atoms with Gasteiger partial charge < -0.3 is 14.5 Å². The summed E-state index contributed by atoms with van der Waals surface area (Å²) in [5.41, 5.74) is 2.29. The molecule has 2 heterocycles. The second-order valence-electron chi connectivity index (χ2n) is 8.87.